The van der Waals surface area contributed by atoms with Crippen LogP contribution in [0.4, 0.5) is 4.39 Å². The Bertz CT molecular complexity index is 395. The van der Waals surface area contributed by atoms with Crippen LogP contribution < -0.4 is 16.0 Å². The molecule has 0 saturated carbocycles. The van der Waals surface area contributed by atoms with Gasteiger partial charge >= 0.3 is 0 Å². The molecule has 2 unspecified atom stereocenters. The van der Waals surface area contributed by atoms with Crippen molar-refractivity contribution in [2.24, 2.45) is 5.84 Å². The van der Waals surface area contributed by atoms with Crippen LogP contribution in [0.1, 0.15) is 30.9 Å². The number of hydrazine groups is 1. The van der Waals surface area contributed by atoms with Crippen LogP contribution in [-0.4, -0.2) is 19.8 Å². The molecule has 0 bridgehead atoms. The normalized spacial score (nSPS) is 20.9. The molecular formula is C13H19FN2O2. The Balaban J connectivity index is 2.08. The first kappa shape index (κ1) is 13.3. The zero-order chi connectivity index (χ0) is 13.0. The zero-order valence-corrected chi connectivity index (χ0v) is 10.5. The van der Waals surface area contributed by atoms with Crippen molar-refractivity contribution < 1.29 is 13.9 Å². The minimum atomic E-state index is -0.373. The minimum absolute atomic E-state index is 0.103. The predicted molar refractivity (Wildman–Crippen MR) is 66.6 cm³/mol. The van der Waals surface area contributed by atoms with Gasteiger partial charge in [-0.1, -0.05) is 6.07 Å². The molecule has 1 aromatic carbocycles. The van der Waals surface area contributed by atoms with Gasteiger partial charge in [0, 0.05) is 12.6 Å². The van der Waals surface area contributed by atoms with Gasteiger partial charge in [-0.3, -0.25) is 11.3 Å². The molecule has 3 N–H and O–H groups in total. The number of benzene rings is 1. The van der Waals surface area contributed by atoms with Gasteiger partial charge in [0.05, 0.1) is 13.2 Å². The molecule has 18 heavy (non-hydrogen) atoms. The Kier molecular flexibility index (Phi) is 4.52. The number of hydrogen-bond acceptors (Lipinski definition) is 4. The van der Waals surface area contributed by atoms with Gasteiger partial charge in [0.1, 0.15) is 0 Å². The Labute approximate surface area is 106 Å². The first-order chi connectivity index (χ1) is 8.74. The van der Waals surface area contributed by atoms with Crippen molar-refractivity contribution in [1.29, 1.82) is 0 Å². The number of rotatable bonds is 5. The molecule has 0 radical (unpaired) electrons. The average Bonchev–Trinajstić information content (AvgIpc) is 2.88. The average molecular weight is 254 g/mol. The van der Waals surface area contributed by atoms with Crippen LogP contribution in [0.3, 0.4) is 0 Å². The van der Waals surface area contributed by atoms with Gasteiger partial charge in [0.25, 0.3) is 0 Å². The Hall–Kier alpha value is -1.17. The second-order valence-corrected chi connectivity index (χ2v) is 4.48. The number of nitrogens with two attached hydrogens (primary N) is 1. The molecular weight excluding hydrogens is 235 g/mol. The topological polar surface area (TPSA) is 56.5 Å². The highest BCUT2D eigenvalue weighted by Gasteiger charge is 2.22. The van der Waals surface area contributed by atoms with Crippen LogP contribution in [0, 0.1) is 5.82 Å². The highest BCUT2D eigenvalue weighted by molar-refractivity contribution is 5.31. The predicted octanol–water partition coefficient (Wildman–Crippen LogP) is 1.91. The minimum Gasteiger partial charge on any atom is -0.494 e. The summed E-state index contributed by atoms with van der Waals surface area (Å²) in [6.07, 6.45) is 3.08. The van der Waals surface area contributed by atoms with Gasteiger partial charge in [-0.25, -0.2) is 4.39 Å². The van der Waals surface area contributed by atoms with Gasteiger partial charge in [0.2, 0.25) is 0 Å². The summed E-state index contributed by atoms with van der Waals surface area (Å²) >= 11 is 0. The highest BCUT2D eigenvalue weighted by atomic mass is 19.1. The molecule has 2 atom stereocenters. The summed E-state index contributed by atoms with van der Waals surface area (Å²) in [7, 11) is 1.45. The van der Waals surface area contributed by atoms with E-state index in [-0.39, 0.29) is 23.7 Å². The molecule has 4 nitrogen and oxygen atoms in total. The summed E-state index contributed by atoms with van der Waals surface area (Å²) < 4.78 is 24.1. The summed E-state index contributed by atoms with van der Waals surface area (Å²) in [5, 5.41) is 0. The molecule has 1 fully saturated rings. The Morgan fingerprint density at radius 1 is 1.61 bits per heavy atom. The van der Waals surface area contributed by atoms with E-state index in [9.17, 15) is 4.39 Å². The molecule has 1 aliphatic rings. The largest absolute Gasteiger partial charge is 0.494 e. The molecule has 1 aromatic rings. The quantitative estimate of drug-likeness (QED) is 0.622. The first-order valence-corrected chi connectivity index (χ1v) is 6.15. The Morgan fingerprint density at radius 2 is 2.44 bits per heavy atom. The third-order valence-electron chi connectivity index (χ3n) is 3.30. The number of methoxy groups -OCH3 is 1. The van der Waals surface area contributed by atoms with E-state index in [4.69, 9.17) is 15.3 Å². The second-order valence-electron chi connectivity index (χ2n) is 4.48. The molecule has 2 rings (SSSR count). The maximum atomic E-state index is 13.6. The van der Waals surface area contributed by atoms with Crippen molar-refractivity contribution in [3.8, 4) is 5.75 Å². The standard InChI is InChI=1S/C13H19FN2O2/c1-17-13-5-4-9(7-11(13)14)12(16-15)8-10-3-2-6-18-10/h4-5,7,10,12,16H,2-3,6,8,15H2,1H3. The van der Waals surface area contributed by atoms with Gasteiger partial charge < -0.3 is 9.47 Å². The van der Waals surface area contributed by atoms with Crippen molar-refractivity contribution in [2.45, 2.75) is 31.4 Å². The summed E-state index contributed by atoms with van der Waals surface area (Å²) in [6, 6.07) is 4.79. The van der Waals surface area contributed by atoms with E-state index in [2.05, 4.69) is 5.43 Å². The second kappa shape index (κ2) is 6.13. The molecule has 1 saturated heterocycles. The number of halogens is 1. The summed E-state index contributed by atoms with van der Waals surface area (Å²) in [5.41, 5.74) is 3.53. The lowest BCUT2D eigenvalue weighted by Gasteiger charge is -2.20. The van der Waals surface area contributed by atoms with Gasteiger partial charge in [-0.2, -0.15) is 0 Å². The van der Waals surface area contributed by atoms with Crippen LogP contribution in [0.15, 0.2) is 18.2 Å². The van der Waals surface area contributed by atoms with Gasteiger partial charge in [0.15, 0.2) is 11.6 Å². The number of nitrogens with one attached hydrogen (secondary N) is 1. The zero-order valence-electron chi connectivity index (χ0n) is 10.5. The lowest BCUT2D eigenvalue weighted by Crippen LogP contribution is -2.31. The van der Waals surface area contributed by atoms with Crippen LogP contribution >= 0.6 is 0 Å². The maximum absolute atomic E-state index is 13.6. The van der Waals surface area contributed by atoms with Gasteiger partial charge in [-0.15, -0.1) is 0 Å². The monoisotopic (exact) mass is 254 g/mol. The van der Waals surface area contributed by atoms with E-state index in [0.717, 1.165) is 31.4 Å². The van der Waals surface area contributed by atoms with E-state index in [1.54, 1.807) is 6.07 Å². The third-order valence-corrected chi connectivity index (χ3v) is 3.30. The number of ether oxygens (including phenoxy) is 2. The van der Waals surface area contributed by atoms with E-state index < -0.39 is 0 Å². The fourth-order valence-electron chi connectivity index (χ4n) is 2.29. The van der Waals surface area contributed by atoms with Crippen LogP contribution in [0.5, 0.6) is 5.75 Å². The van der Waals surface area contributed by atoms with Crippen LogP contribution in [0.2, 0.25) is 0 Å². The van der Waals surface area contributed by atoms with Crippen LogP contribution in [-0.2, 0) is 4.74 Å². The summed E-state index contributed by atoms with van der Waals surface area (Å²) in [4.78, 5) is 0. The van der Waals surface area contributed by atoms with Crippen molar-refractivity contribution in [2.75, 3.05) is 13.7 Å². The maximum Gasteiger partial charge on any atom is 0.165 e. The highest BCUT2D eigenvalue weighted by Crippen LogP contribution is 2.27. The molecule has 5 heteroatoms. The molecule has 0 aliphatic carbocycles. The SMILES string of the molecule is COc1ccc(C(CC2CCCO2)NN)cc1F. The number of hydrogen-bond donors (Lipinski definition) is 2. The van der Waals surface area contributed by atoms with E-state index >= 15 is 0 Å². The molecule has 0 spiro atoms. The van der Waals surface area contributed by atoms with Gasteiger partial charge in [-0.05, 0) is 37.0 Å². The lowest BCUT2D eigenvalue weighted by atomic mass is 9.99. The van der Waals surface area contributed by atoms with Crippen molar-refractivity contribution >= 4 is 0 Å². The first-order valence-electron chi connectivity index (χ1n) is 6.15. The van der Waals surface area contributed by atoms with Crippen molar-refractivity contribution in [1.82, 2.24) is 5.43 Å². The molecule has 0 amide bonds. The fourth-order valence-corrected chi connectivity index (χ4v) is 2.29. The fraction of sp³-hybridized carbons (Fsp3) is 0.538. The molecule has 1 heterocycles. The van der Waals surface area contributed by atoms with Crippen LogP contribution in [0.25, 0.3) is 0 Å². The Morgan fingerprint density at radius 3 is 3.00 bits per heavy atom. The van der Waals surface area contributed by atoms with E-state index in [1.165, 1.54) is 13.2 Å². The summed E-state index contributed by atoms with van der Waals surface area (Å²) in [5.74, 6) is 5.41. The van der Waals surface area contributed by atoms with Crippen molar-refractivity contribution in [3.05, 3.63) is 29.6 Å². The summed E-state index contributed by atoms with van der Waals surface area (Å²) in [6.45, 7) is 0.804. The molecule has 0 aromatic heterocycles. The van der Waals surface area contributed by atoms with Crippen molar-refractivity contribution in [3.63, 3.8) is 0 Å². The lowest BCUT2D eigenvalue weighted by molar-refractivity contribution is 0.0945. The molecule has 1 aliphatic heterocycles. The van der Waals surface area contributed by atoms with E-state index in [1.807, 2.05) is 6.07 Å². The third kappa shape index (κ3) is 2.98. The molecule has 100 valence electrons. The smallest absolute Gasteiger partial charge is 0.165 e. The van der Waals surface area contributed by atoms with E-state index in [0.29, 0.717) is 0 Å².